The van der Waals surface area contributed by atoms with E-state index in [9.17, 15) is 0 Å². The third-order valence-electron chi connectivity index (χ3n) is 2.88. The lowest BCUT2D eigenvalue weighted by molar-refractivity contribution is 0.611. The minimum Gasteiger partial charge on any atom is -0.306 e. The van der Waals surface area contributed by atoms with Gasteiger partial charge >= 0.3 is 0 Å². The molecule has 0 aliphatic carbocycles. The first-order chi connectivity index (χ1) is 8.24. The van der Waals surface area contributed by atoms with Gasteiger partial charge in [0, 0.05) is 11.6 Å². The summed E-state index contributed by atoms with van der Waals surface area (Å²) in [6.07, 6.45) is 1.87. The van der Waals surface area contributed by atoms with Gasteiger partial charge < -0.3 is 5.32 Å². The molecule has 0 spiro atoms. The molecule has 17 heavy (non-hydrogen) atoms. The summed E-state index contributed by atoms with van der Waals surface area (Å²) in [5.74, 6) is 0. The van der Waals surface area contributed by atoms with E-state index in [2.05, 4.69) is 48.1 Å². The summed E-state index contributed by atoms with van der Waals surface area (Å²) in [7, 11) is 0. The van der Waals surface area contributed by atoms with Crippen molar-refractivity contribution in [3.63, 3.8) is 0 Å². The summed E-state index contributed by atoms with van der Waals surface area (Å²) in [5, 5.41) is 5.85. The van der Waals surface area contributed by atoms with Gasteiger partial charge in [0.25, 0.3) is 0 Å². The Hall–Kier alpha value is -1.67. The summed E-state index contributed by atoms with van der Waals surface area (Å²) in [6.45, 7) is 9.10. The first-order valence-corrected chi connectivity index (χ1v) is 5.96. The van der Waals surface area contributed by atoms with Gasteiger partial charge in [-0.3, -0.25) is 4.98 Å². The van der Waals surface area contributed by atoms with Crippen LogP contribution in [0.4, 0.5) is 0 Å². The number of fused-ring (bicyclic) bond motifs is 1. The molecule has 1 N–H and O–H groups in total. The molecule has 1 aromatic carbocycles. The average Bonchev–Trinajstić information content (AvgIpc) is 2.35. The lowest BCUT2D eigenvalue weighted by Crippen LogP contribution is -2.22. The van der Waals surface area contributed by atoms with Crippen LogP contribution in [0.5, 0.6) is 0 Å². The molecule has 88 valence electrons. The smallest absolute Gasteiger partial charge is 0.0711 e. The Morgan fingerprint density at radius 1 is 1.35 bits per heavy atom. The molecule has 2 rings (SSSR count). The molecule has 2 aromatic rings. The Labute approximate surface area is 102 Å². The van der Waals surface area contributed by atoms with E-state index < -0.39 is 0 Å². The third kappa shape index (κ3) is 2.37. The fourth-order valence-corrected chi connectivity index (χ4v) is 2.08. The van der Waals surface area contributed by atoms with Gasteiger partial charge in [0.2, 0.25) is 0 Å². The Bertz CT molecular complexity index is 526. The number of nitrogens with zero attached hydrogens (tertiary/aromatic N) is 1. The van der Waals surface area contributed by atoms with E-state index in [1.54, 1.807) is 0 Å². The lowest BCUT2D eigenvalue weighted by atomic mass is 10.0. The molecule has 0 fully saturated rings. The fourth-order valence-electron chi connectivity index (χ4n) is 2.08. The highest BCUT2D eigenvalue weighted by molar-refractivity contribution is 5.84. The second kappa shape index (κ2) is 5.11. The second-order valence-corrected chi connectivity index (χ2v) is 4.25. The van der Waals surface area contributed by atoms with Gasteiger partial charge in [0.1, 0.15) is 0 Å². The van der Waals surface area contributed by atoms with Crippen LogP contribution in [-0.2, 0) is 0 Å². The molecule has 2 heteroatoms. The van der Waals surface area contributed by atoms with Crippen LogP contribution in [0.2, 0.25) is 0 Å². The van der Waals surface area contributed by atoms with Crippen molar-refractivity contribution in [2.45, 2.75) is 19.9 Å². The standard InChI is InChI=1S/C15H18N2/c1-4-16-14(11(2)3)15-13-8-6-5-7-12(13)9-10-17-15/h5-10,14,16H,2,4H2,1,3H3. The molecular formula is C15H18N2. The zero-order chi connectivity index (χ0) is 12.3. The molecule has 0 amide bonds. The van der Waals surface area contributed by atoms with E-state index in [1.807, 2.05) is 19.2 Å². The van der Waals surface area contributed by atoms with Gasteiger partial charge in [-0.05, 0) is 24.9 Å². The summed E-state index contributed by atoms with van der Waals surface area (Å²) < 4.78 is 0. The number of nitrogens with one attached hydrogen (secondary N) is 1. The molecule has 2 nitrogen and oxygen atoms in total. The van der Waals surface area contributed by atoms with Crippen LogP contribution in [0.25, 0.3) is 10.8 Å². The number of aromatic nitrogens is 1. The summed E-state index contributed by atoms with van der Waals surface area (Å²) in [6, 6.07) is 10.5. The van der Waals surface area contributed by atoms with Crippen molar-refractivity contribution in [2.24, 2.45) is 0 Å². The van der Waals surface area contributed by atoms with Crippen molar-refractivity contribution in [2.75, 3.05) is 6.54 Å². The first kappa shape index (κ1) is 11.8. The van der Waals surface area contributed by atoms with Crippen LogP contribution >= 0.6 is 0 Å². The van der Waals surface area contributed by atoms with Gasteiger partial charge in [-0.1, -0.05) is 43.3 Å². The van der Waals surface area contributed by atoms with Crippen molar-refractivity contribution in [3.05, 3.63) is 54.4 Å². The Balaban J connectivity index is 2.56. The number of hydrogen-bond donors (Lipinski definition) is 1. The van der Waals surface area contributed by atoms with Crippen LogP contribution in [0, 0.1) is 0 Å². The maximum atomic E-state index is 4.52. The monoisotopic (exact) mass is 226 g/mol. The van der Waals surface area contributed by atoms with Crippen LogP contribution in [0.3, 0.4) is 0 Å². The van der Waals surface area contributed by atoms with Crippen molar-refractivity contribution in [1.29, 1.82) is 0 Å². The molecule has 1 atom stereocenters. The van der Waals surface area contributed by atoms with E-state index in [4.69, 9.17) is 0 Å². The highest BCUT2D eigenvalue weighted by Crippen LogP contribution is 2.25. The zero-order valence-corrected chi connectivity index (χ0v) is 10.4. The number of hydrogen-bond acceptors (Lipinski definition) is 2. The van der Waals surface area contributed by atoms with E-state index >= 15 is 0 Å². The largest absolute Gasteiger partial charge is 0.306 e. The predicted molar refractivity (Wildman–Crippen MR) is 73.0 cm³/mol. The van der Waals surface area contributed by atoms with Crippen LogP contribution < -0.4 is 5.32 Å². The highest BCUT2D eigenvalue weighted by atomic mass is 14.9. The van der Waals surface area contributed by atoms with Crippen LogP contribution in [0.15, 0.2) is 48.7 Å². The first-order valence-electron chi connectivity index (χ1n) is 5.96. The molecule has 1 heterocycles. The molecule has 0 bridgehead atoms. The van der Waals surface area contributed by atoms with Crippen LogP contribution in [0.1, 0.15) is 25.6 Å². The SMILES string of the molecule is C=C(C)C(NCC)c1nccc2ccccc12. The third-order valence-corrected chi connectivity index (χ3v) is 2.88. The summed E-state index contributed by atoms with van der Waals surface area (Å²) >= 11 is 0. The minimum absolute atomic E-state index is 0.131. The average molecular weight is 226 g/mol. The van der Waals surface area contributed by atoms with Crippen molar-refractivity contribution in [1.82, 2.24) is 10.3 Å². The molecule has 1 aromatic heterocycles. The molecular weight excluding hydrogens is 208 g/mol. The van der Waals surface area contributed by atoms with Gasteiger partial charge in [0.15, 0.2) is 0 Å². The quantitative estimate of drug-likeness (QED) is 0.807. The van der Waals surface area contributed by atoms with E-state index in [-0.39, 0.29) is 6.04 Å². The second-order valence-electron chi connectivity index (χ2n) is 4.25. The Morgan fingerprint density at radius 3 is 2.82 bits per heavy atom. The van der Waals surface area contributed by atoms with E-state index in [0.717, 1.165) is 17.8 Å². The van der Waals surface area contributed by atoms with Crippen molar-refractivity contribution < 1.29 is 0 Å². The normalized spacial score (nSPS) is 12.6. The molecule has 0 saturated carbocycles. The minimum atomic E-state index is 0.131. The molecule has 0 saturated heterocycles. The molecule has 0 radical (unpaired) electrons. The molecule has 0 aliphatic heterocycles. The zero-order valence-electron chi connectivity index (χ0n) is 10.4. The van der Waals surface area contributed by atoms with Crippen LogP contribution in [-0.4, -0.2) is 11.5 Å². The Kier molecular flexibility index (Phi) is 3.55. The maximum Gasteiger partial charge on any atom is 0.0711 e. The number of benzene rings is 1. The Morgan fingerprint density at radius 2 is 2.12 bits per heavy atom. The summed E-state index contributed by atoms with van der Waals surface area (Å²) in [4.78, 5) is 4.52. The van der Waals surface area contributed by atoms with Gasteiger partial charge in [-0.2, -0.15) is 0 Å². The number of rotatable bonds is 4. The highest BCUT2D eigenvalue weighted by Gasteiger charge is 2.14. The van der Waals surface area contributed by atoms with E-state index in [0.29, 0.717) is 0 Å². The topological polar surface area (TPSA) is 24.9 Å². The maximum absolute atomic E-state index is 4.52. The van der Waals surface area contributed by atoms with Crippen molar-refractivity contribution in [3.8, 4) is 0 Å². The van der Waals surface area contributed by atoms with E-state index in [1.165, 1.54) is 10.8 Å². The van der Waals surface area contributed by atoms with Gasteiger partial charge in [0.05, 0.1) is 11.7 Å². The number of pyridine rings is 1. The molecule has 0 aliphatic rings. The lowest BCUT2D eigenvalue weighted by Gasteiger charge is -2.19. The van der Waals surface area contributed by atoms with Gasteiger partial charge in [-0.15, -0.1) is 0 Å². The number of likely N-dealkylation sites (N-methyl/N-ethyl adjacent to an activating group) is 1. The molecule has 1 unspecified atom stereocenters. The fraction of sp³-hybridized carbons (Fsp3) is 0.267. The van der Waals surface area contributed by atoms with Gasteiger partial charge in [-0.25, -0.2) is 0 Å². The summed E-state index contributed by atoms with van der Waals surface area (Å²) in [5.41, 5.74) is 2.16. The predicted octanol–water partition coefficient (Wildman–Crippen LogP) is 3.46. The van der Waals surface area contributed by atoms with Crippen molar-refractivity contribution >= 4 is 10.8 Å².